The zero-order valence-corrected chi connectivity index (χ0v) is 17.1. The molecule has 0 spiro atoms. The fraction of sp³-hybridized carbons (Fsp3) is 0.458. The molecule has 28 heavy (non-hydrogen) atoms. The molecule has 1 amide bonds. The van der Waals surface area contributed by atoms with Gasteiger partial charge < -0.3 is 9.80 Å². The molecule has 2 aliphatic rings. The number of amides is 1. The monoisotopic (exact) mass is 377 g/mol. The van der Waals surface area contributed by atoms with Crippen molar-refractivity contribution in [3.05, 3.63) is 59.7 Å². The second-order valence-electron chi connectivity index (χ2n) is 8.28. The number of piperazine rings is 1. The van der Waals surface area contributed by atoms with E-state index in [-0.39, 0.29) is 5.91 Å². The molecule has 2 heterocycles. The molecule has 0 saturated carbocycles. The summed E-state index contributed by atoms with van der Waals surface area (Å²) in [6.45, 7) is 8.11. The highest BCUT2D eigenvalue weighted by Gasteiger charge is 2.29. The first kappa shape index (κ1) is 19.2. The number of carbonyl (C=O) groups is 1. The Balaban J connectivity index is 1.45. The lowest BCUT2D eigenvalue weighted by Gasteiger charge is -2.42. The molecule has 2 saturated heterocycles. The smallest absolute Gasteiger partial charge is 0.254 e. The van der Waals surface area contributed by atoms with Gasteiger partial charge in [0.25, 0.3) is 5.91 Å². The van der Waals surface area contributed by atoms with E-state index in [0.29, 0.717) is 6.04 Å². The highest BCUT2D eigenvalue weighted by atomic mass is 16.2. The third-order valence-corrected chi connectivity index (χ3v) is 6.29. The van der Waals surface area contributed by atoms with Crippen molar-refractivity contribution in [1.29, 1.82) is 0 Å². The van der Waals surface area contributed by atoms with E-state index >= 15 is 0 Å². The van der Waals surface area contributed by atoms with Crippen molar-refractivity contribution in [2.75, 3.05) is 46.3 Å². The van der Waals surface area contributed by atoms with Crippen LogP contribution in [0.4, 0.5) is 0 Å². The Morgan fingerprint density at radius 1 is 0.893 bits per heavy atom. The normalized spacial score (nSPS) is 19.7. The van der Waals surface area contributed by atoms with Crippen molar-refractivity contribution < 1.29 is 4.79 Å². The Labute approximate surface area is 168 Å². The molecule has 0 bridgehead atoms. The van der Waals surface area contributed by atoms with Crippen LogP contribution in [0.15, 0.2) is 48.5 Å². The van der Waals surface area contributed by atoms with Gasteiger partial charge in [0, 0.05) is 37.8 Å². The standard InChI is InChI=1S/C24H31N3O/c1-19-6-5-7-20(18-19)22-8-3-4-9-23(22)24(28)27-16-14-26(15-17-27)21-10-12-25(2)13-11-21/h3-9,18,21H,10-17H2,1-2H3. The number of nitrogens with zero attached hydrogens (tertiary/aromatic N) is 3. The lowest BCUT2D eigenvalue weighted by atomic mass is 9.97. The number of hydrogen-bond acceptors (Lipinski definition) is 3. The molecule has 0 atom stereocenters. The van der Waals surface area contributed by atoms with Crippen LogP contribution in [0.3, 0.4) is 0 Å². The molecule has 4 rings (SSSR count). The topological polar surface area (TPSA) is 26.8 Å². The summed E-state index contributed by atoms with van der Waals surface area (Å²) < 4.78 is 0. The molecule has 2 aromatic carbocycles. The molecule has 2 fully saturated rings. The summed E-state index contributed by atoms with van der Waals surface area (Å²) in [5.41, 5.74) is 4.19. The third-order valence-electron chi connectivity index (χ3n) is 6.29. The first-order valence-corrected chi connectivity index (χ1v) is 10.5. The van der Waals surface area contributed by atoms with E-state index in [1.165, 1.54) is 31.5 Å². The van der Waals surface area contributed by atoms with E-state index in [9.17, 15) is 4.79 Å². The number of piperidine rings is 1. The summed E-state index contributed by atoms with van der Waals surface area (Å²) in [6, 6.07) is 17.1. The molecule has 0 unspecified atom stereocenters. The first-order chi connectivity index (χ1) is 13.6. The molecule has 0 aliphatic carbocycles. The Bertz CT molecular complexity index is 818. The summed E-state index contributed by atoms with van der Waals surface area (Å²) >= 11 is 0. The van der Waals surface area contributed by atoms with Crippen molar-refractivity contribution in [3.8, 4) is 11.1 Å². The van der Waals surface area contributed by atoms with Gasteiger partial charge in [0.2, 0.25) is 0 Å². The number of aryl methyl sites for hydroxylation is 1. The zero-order valence-electron chi connectivity index (χ0n) is 17.1. The number of likely N-dealkylation sites (tertiary alicyclic amines) is 1. The van der Waals surface area contributed by atoms with Crippen LogP contribution in [-0.4, -0.2) is 73.0 Å². The molecule has 0 aromatic heterocycles. The molecular formula is C24H31N3O. The SMILES string of the molecule is Cc1cccc(-c2ccccc2C(=O)N2CCN(C3CCN(C)CC3)CC2)c1. The second kappa shape index (κ2) is 8.46. The summed E-state index contributed by atoms with van der Waals surface area (Å²) in [4.78, 5) is 20.4. The van der Waals surface area contributed by atoms with E-state index in [0.717, 1.165) is 42.9 Å². The minimum absolute atomic E-state index is 0.167. The van der Waals surface area contributed by atoms with Crippen LogP contribution in [0.2, 0.25) is 0 Å². The molecule has 2 aromatic rings. The molecule has 148 valence electrons. The second-order valence-corrected chi connectivity index (χ2v) is 8.28. The van der Waals surface area contributed by atoms with Gasteiger partial charge in [0.15, 0.2) is 0 Å². The van der Waals surface area contributed by atoms with Crippen LogP contribution >= 0.6 is 0 Å². The molecular weight excluding hydrogens is 346 g/mol. The van der Waals surface area contributed by atoms with Crippen LogP contribution in [-0.2, 0) is 0 Å². The van der Waals surface area contributed by atoms with Crippen LogP contribution in [0.25, 0.3) is 11.1 Å². The Hall–Kier alpha value is -2.17. The molecule has 2 aliphatic heterocycles. The number of benzene rings is 2. The van der Waals surface area contributed by atoms with Crippen molar-refractivity contribution in [2.45, 2.75) is 25.8 Å². The highest BCUT2D eigenvalue weighted by Crippen LogP contribution is 2.26. The van der Waals surface area contributed by atoms with E-state index in [1.807, 2.05) is 23.1 Å². The predicted molar refractivity (Wildman–Crippen MR) is 115 cm³/mol. The molecule has 4 heteroatoms. The quantitative estimate of drug-likeness (QED) is 0.819. The van der Waals surface area contributed by atoms with Gasteiger partial charge in [-0.25, -0.2) is 0 Å². The lowest BCUT2D eigenvalue weighted by Crippen LogP contribution is -2.54. The molecule has 0 N–H and O–H groups in total. The lowest BCUT2D eigenvalue weighted by molar-refractivity contribution is 0.0475. The van der Waals surface area contributed by atoms with Gasteiger partial charge >= 0.3 is 0 Å². The molecule has 0 radical (unpaired) electrons. The molecule has 4 nitrogen and oxygen atoms in total. The highest BCUT2D eigenvalue weighted by molar-refractivity contribution is 6.01. The summed E-state index contributed by atoms with van der Waals surface area (Å²) in [5.74, 6) is 0.167. The van der Waals surface area contributed by atoms with Crippen molar-refractivity contribution in [1.82, 2.24) is 14.7 Å². The van der Waals surface area contributed by atoms with Crippen molar-refractivity contribution >= 4 is 5.91 Å². The van der Waals surface area contributed by atoms with Gasteiger partial charge in [0.1, 0.15) is 0 Å². The minimum Gasteiger partial charge on any atom is -0.336 e. The number of carbonyl (C=O) groups excluding carboxylic acids is 1. The van der Waals surface area contributed by atoms with Gasteiger partial charge in [-0.05, 0) is 57.1 Å². The maximum Gasteiger partial charge on any atom is 0.254 e. The van der Waals surface area contributed by atoms with E-state index in [2.05, 4.69) is 54.1 Å². The average Bonchev–Trinajstić information content (AvgIpc) is 2.74. The van der Waals surface area contributed by atoms with Crippen molar-refractivity contribution in [2.24, 2.45) is 0 Å². The van der Waals surface area contributed by atoms with Gasteiger partial charge in [-0.1, -0.05) is 48.0 Å². The first-order valence-electron chi connectivity index (χ1n) is 10.5. The largest absolute Gasteiger partial charge is 0.336 e. The summed E-state index contributed by atoms with van der Waals surface area (Å²) in [7, 11) is 2.21. The Morgan fingerprint density at radius 3 is 2.32 bits per heavy atom. The van der Waals surface area contributed by atoms with E-state index < -0.39 is 0 Å². The Kier molecular flexibility index (Phi) is 5.79. The number of hydrogen-bond donors (Lipinski definition) is 0. The van der Waals surface area contributed by atoms with Crippen LogP contribution in [0.1, 0.15) is 28.8 Å². The summed E-state index contributed by atoms with van der Waals surface area (Å²) in [5, 5.41) is 0. The van der Waals surface area contributed by atoms with Crippen LogP contribution in [0, 0.1) is 6.92 Å². The Morgan fingerprint density at radius 2 is 1.61 bits per heavy atom. The average molecular weight is 378 g/mol. The number of rotatable bonds is 3. The maximum absolute atomic E-state index is 13.3. The van der Waals surface area contributed by atoms with Crippen LogP contribution < -0.4 is 0 Å². The maximum atomic E-state index is 13.3. The van der Waals surface area contributed by atoms with Gasteiger partial charge in [-0.3, -0.25) is 9.69 Å². The van der Waals surface area contributed by atoms with Gasteiger partial charge in [-0.2, -0.15) is 0 Å². The van der Waals surface area contributed by atoms with E-state index in [1.54, 1.807) is 0 Å². The van der Waals surface area contributed by atoms with E-state index in [4.69, 9.17) is 0 Å². The fourth-order valence-electron chi connectivity index (χ4n) is 4.55. The van der Waals surface area contributed by atoms with Crippen molar-refractivity contribution in [3.63, 3.8) is 0 Å². The minimum atomic E-state index is 0.167. The predicted octanol–water partition coefficient (Wildman–Crippen LogP) is 3.51. The van der Waals surface area contributed by atoms with Gasteiger partial charge in [0.05, 0.1) is 0 Å². The van der Waals surface area contributed by atoms with Crippen LogP contribution in [0.5, 0.6) is 0 Å². The van der Waals surface area contributed by atoms with Gasteiger partial charge in [-0.15, -0.1) is 0 Å². The summed E-state index contributed by atoms with van der Waals surface area (Å²) in [6.07, 6.45) is 2.50. The zero-order chi connectivity index (χ0) is 19.5. The third kappa shape index (κ3) is 4.13. The fourth-order valence-corrected chi connectivity index (χ4v) is 4.55.